The summed E-state index contributed by atoms with van der Waals surface area (Å²) in [5.74, 6) is 0.648. The molecule has 1 aromatic rings. The average molecular weight is 224 g/mol. The van der Waals surface area contributed by atoms with Gasteiger partial charge >= 0.3 is 0 Å². The molecule has 15 heavy (non-hydrogen) atoms. The van der Waals surface area contributed by atoms with Gasteiger partial charge < -0.3 is 10.6 Å². The van der Waals surface area contributed by atoms with Gasteiger partial charge in [-0.15, -0.1) is 0 Å². The van der Waals surface area contributed by atoms with Crippen LogP contribution in [0.2, 0.25) is 0 Å². The van der Waals surface area contributed by atoms with E-state index in [0.29, 0.717) is 12.5 Å². The molecule has 4 heteroatoms. The van der Waals surface area contributed by atoms with E-state index in [2.05, 4.69) is 6.92 Å². The Hall–Kier alpha value is -0.870. The van der Waals surface area contributed by atoms with Gasteiger partial charge in [-0.1, -0.05) is 6.92 Å². The molecule has 0 bridgehead atoms. The van der Waals surface area contributed by atoms with Crippen molar-refractivity contribution in [3.63, 3.8) is 0 Å². The standard InChI is InChI=1S/C11H16N2OS/c1-8-2-4-13(6-10(8)12)11(14)9-3-5-15-7-9/h3,5,7-8,10H,2,4,6,12H2,1H3. The largest absolute Gasteiger partial charge is 0.337 e. The first-order chi connectivity index (χ1) is 7.18. The predicted octanol–water partition coefficient (Wildman–Crippen LogP) is 1.56. The van der Waals surface area contributed by atoms with Crippen molar-refractivity contribution in [1.82, 2.24) is 4.90 Å². The number of piperidine rings is 1. The van der Waals surface area contributed by atoms with E-state index < -0.39 is 0 Å². The molecule has 0 aliphatic carbocycles. The molecule has 1 aromatic heterocycles. The van der Waals surface area contributed by atoms with Crippen LogP contribution >= 0.6 is 11.3 Å². The molecule has 1 amide bonds. The van der Waals surface area contributed by atoms with Gasteiger partial charge in [-0.3, -0.25) is 4.79 Å². The van der Waals surface area contributed by atoms with Crippen LogP contribution in [0.1, 0.15) is 23.7 Å². The second kappa shape index (κ2) is 4.33. The molecule has 0 radical (unpaired) electrons. The van der Waals surface area contributed by atoms with Crippen molar-refractivity contribution in [2.75, 3.05) is 13.1 Å². The van der Waals surface area contributed by atoms with Crippen molar-refractivity contribution in [3.8, 4) is 0 Å². The number of hydrogen-bond donors (Lipinski definition) is 1. The van der Waals surface area contributed by atoms with Gasteiger partial charge in [0, 0.05) is 24.5 Å². The quantitative estimate of drug-likeness (QED) is 0.787. The zero-order chi connectivity index (χ0) is 10.8. The van der Waals surface area contributed by atoms with Crippen molar-refractivity contribution >= 4 is 17.2 Å². The molecular formula is C11H16N2OS. The number of rotatable bonds is 1. The molecule has 0 aromatic carbocycles. The number of hydrogen-bond acceptors (Lipinski definition) is 3. The molecule has 2 atom stereocenters. The minimum absolute atomic E-state index is 0.124. The second-order valence-corrected chi connectivity index (χ2v) is 4.97. The van der Waals surface area contributed by atoms with Crippen LogP contribution in [0.4, 0.5) is 0 Å². The third-order valence-electron chi connectivity index (χ3n) is 3.07. The lowest BCUT2D eigenvalue weighted by Crippen LogP contribution is -2.49. The molecule has 2 heterocycles. The summed E-state index contributed by atoms with van der Waals surface area (Å²) in [5.41, 5.74) is 6.76. The van der Waals surface area contributed by atoms with Crippen LogP contribution in [0.25, 0.3) is 0 Å². The Morgan fingerprint density at radius 3 is 3.07 bits per heavy atom. The molecule has 0 saturated carbocycles. The maximum Gasteiger partial charge on any atom is 0.254 e. The van der Waals surface area contributed by atoms with Gasteiger partial charge in [-0.2, -0.15) is 11.3 Å². The smallest absolute Gasteiger partial charge is 0.254 e. The normalized spacial score (nSPS) is 26.7. The lowest BCUT2D eigenvalue weighted by atomic mass is 9.94. The third-order valence-corrected chi connectivity index (χ3v) is 3.76. The van der Waals surface area contributed by atoms with E-state index in [-0.39, 0.29) is 11.9 Å². The van der Waals surface area contributed by atoms with Crippen LogP contribution in [0.3, 0.4) is 0 Å². The fraction of sp³-hybridized carbons (Fsp3) is 0.545. The molecule has 2 rings (SSSR count). The van der Waals surface area contributed by atoms with Gasteiger partial charge in [0.15, 0.2) is 0 Å². The zero-order valence-electron chi connectivity index (χ0n) is 8.85. The van der Waals surface area contributed by atoms with Gasteiger partial charge in [0.1, 0.15) is 0 Å². The summed E-state index contributed by atoms with van der Waals surface area (Å²) in [5, 5.41) is 3.83. The van der Waals surface area contributed by atoms with E-state index in [1.807, 2.05) is 21.7 Å². The number of nitrogens with zero attached hydrogens (tertiary/aromatic N) is 1. The molecule has 1 aliphatic heterocycles. The zero-order valence-corrected chi connectivity index (χ0v) is 9.67. The van der Waals surface area contributed by atoms with Crippen molar-refractivity contribution in [2.24, 2.45) is 11.7 Å². The Morgan fingerprint density at radius 2 is 2.47 bits per heavy atom. The van der Waals surface area contributed by atoms with Crippen molar-refractivity contribution in [1.29, 1.82) is 0 Å². The first-order valence-corrected chi connectivity index (χ1v) is 6.20. The van der Waals surface area contributed by atoms with Gasteiger partial charge in [0.2, 0.25) is 0 Å². The van der Waals surface area contributed by atoms with E-state index in [1.165, 1.54) is 0 Å². The van der Waals surface area contributed by atoms with Crippen molar-refractivity contribution in [3.05, 3.63) is 22.4 Å². The van der Waals surface area contributed by atoms with Crippen LogP contribution in [0, 0.1) is 5.92 Å². The summed E-state index contributed by atoms with van der Waals surface area (Å²) in [4.78, 5) is 13.9. The maximum absolute atomic E-state index is 12.0. The number of nitrogens with two attached hydrogens (primary N) is 1. The fourth-order valence-corrected chi connectivity index (χ4v) is 2.48. The first kappa shape index (κ1) is 10.6. The van der Waals surface area contributed by atoms with Crippen molar-refractivity contribution < 1.29 is 4.79 Å². The topological polar surface area (TPSA) is 46.3 Å². The van der Waals surface area contributed by atoms with Crippen LogP contribution in [-0.4, -0.2) is 29.9 Å². The molecule has 0 spiro atoms. The number of carbonyl (C=O) groups is 1. The maximum atomic E-state index is 12.0. The number of thiophene rings is 1. The Bertz CT molecular complexity index is 336. The predicted molar refractivity (Wildman–Crippen MR) is 62.0 cm³/mol. The lowest BCUT2D eigenvalue weighted by Gasteiger charge is -2.34. The SMILES string of the molecule is CC1CCN(C(=O)c2ccsc2)CC1N. The summed E-state index contributed by atoms with van der Waals surface area (Å²) in [6.07, 6.45) is 1.01. The molecule has 1 fully saturated rings. The highest BCUT2D eigenvalue weighted by molar-refractivity contribution is 7.08. The fourth-order valence-electron chi connectivity index (χ4n) is 1.85. The minimum Gasteiger partial charge on any atom is -0.337 e. The Morgan fingerprint density at radius 1 is 1.67 bits per heavy atom. The first-order valence-electron chi connectivity index (χ1n) is 5.25. The van der Waals surface area contributed by atoms with Crippen molar-refractivity contribution in [2.45, 2.75) is 19.4 Å². The minimum atomic E-state index is 0.124. The van der Waals surface area contributed by atoms with E-state index in [1.54, 1.807) is 11.3 Å². The van der Waals surface area contributed by atoms with Gasteiger partial charge in [0.25, 0.3) is 5.91 Å². The molecule has 82 valence electrons. The summed E-state index contributed by atoms with van der Waals surface area (Å²) in [6.45, 7) is 3.68. The monoisotopic (exact) mass is 224 g/mol. The Kier molecular flexibility index (Phi) is 3.07. The third kappa shape index (κ3) is 2.21. The summed E-state index contributed by atoms with van der Waals surface area (Å²) in [7, 11) is 0. The number of likely N-dealkylation sites (tertiary alicyclic amines) is 1. The summed E-state index contributed by atoms with van der Waals surface area (Å²) in [6, 6.07) is 2.00. The van der Waals surface area contributed by atoms with E-state index in [9.17, 15) is 4.79 Å². The Balaban J connectivity index is 2.03. The van der Waals surface area contributed by atoms with Gasteiger partial charge in [0.05, 0.1) is 5.56 Å². The Labute approximate surface area is 93.9 Å². The van der Waals surface area contributed by atoms with E-state index in [4.69, 9.17) is 5.73 Å². The number of amides is 1. The molecule has 1 aliphatic rings. The summed E-state index contributed by atoms with van der Waals surface area (Å²) < 4.78 is 0. The van der Waals surface area contributed by atoms with Gasteiger partial charge in [-0.05, 0) is 23.8 Å². The van der Waals surface area contributed by atoms with E-state index in [0.717, 1.165) is 18.5 Å². The molecule has 2 N–H and O–H groups in total. The van der Waals surface area contributed by atoms with Crippen LogP contribution < -0.4 is 5.73 Å². The van der Waals surface area contributed by atoms with E-state index >= 15 is 0 Å². The highest BCUT2D eigenvalue weighted by Crippen LogP contribution is 2.18. The van der Waals surface area contributed by atoms with Gasteiger partial charge in [-0.25, -0.2) is 0 Å². The molecule has 2 unspecified atom stereocenters. The van der Waals surface area contributed by atoms with Crippen LogP contribution in [0.15, 0.2) is 16.8 Å². The average Bonchev–Trinajstić information content (AvgIpc) is 2.74. The second-order valence-electron chi connectivity index (χ2n) is 4.19. The molecule has 1 saturated heterocycles. The number of carbonyl (C=O) groups excluding carboxylic acids is 1. The summed E-state index contributed by atoms with van der Waals surface area (Å²) >= 11 is 1.55. The van der Waals surface area contributed by atoms with Crippen LogP contribution in [0.5, 0.6) is 0 Å². The molecule has 3 nitrogen and oxygen atoms in total. The highest BCUT2D eigenvalue weighted by atomic mass is 32.1. The lowest BCUT2D eigenvalue weighted by molar-refractivity contribution is 0.0673. The molecular weight excluding hydrogens is 208 g/mol. The van der Waals surface area contributed by atoms with Crippen LogP contribution in [-0.2, 0) is 0 Å². The highest BCUT2D eigenvalue weighted by Gasteiger charge is 2.26.